The lowest BCUT2D eigenvalue weighted by Crippen LogP contribution is -2.46. The second-order valence-electron chi connectivity index (χ2n) is 4.33. The summed E-state index contributed by atoms with van der Waals surface area (Å²) in [5.41, 5.74) is 5.62. The van der Waals surface area contributed by atoms with Crippen molar-refractivity contribution in [3.63, 3.8) is 0 Å². The lowest BCUT2D eigenvalue weighted by atomic mass is 10.1. The number of nitrogens with zero attached hydrogens (tertiary/aromatic N) is 1. The lowest BCUT2D eigenvalue weighted by molar-refractivity contribution is -0.133. The third kappa shape index (κ3) is 4.71. The van der Waals surface area contributed by atoms with Crippen molar-refractivity contribution >= 4 is 11.8 Å². The lowest BCUT2D eigenvalue weighted by Gasteiger charge is -2.17. The van der Waals surface area contributed by atoms with Crippen molar-refractivity contribution in [2.75, 3.05) is 0 Å². The van der Waals surface area contributed by atoms with E-state index in [1.54, 1.807) is 30.3 Å². The fourth-order valence-electron chi connectivity index (χ4n) is 1.71. The Morgan fingerprint density at radius 3 is 2.55 bits per heavy atom. The number of hydrogen-bond acceptors (Lipinski definition) is 4. The van der Waals surface area contributed by atoms with Crippen LogP contribution in [-0.4, -0.2) is 23.0 Å². The SMILES string of the molecule is N#CCCC[C@H](NC(=O)[C@@H](O)c1ccccc1)C(N)=O. The molecule has 2 atom stereocenters. The summed E-state index contributed by atoms with van der Waals surface area (Å²) in [6.45, 7) is 0. The number of rotatable bonds is 7. The van der Waals surface area contributed by atoms with Crippen LogP contribution >= 0.6 is 0 Å². The van der Waals surface area contributed by atoms with Crippen LogP contribution in [0.4, 0.5) is 0 Å². The average molecular weight is 275 g/mol. The van der Waals surface area contributed by atoms with E-state index in [2.05, 4.69) is 5.32 Å². The molecule has 0 heterocycles. The standard InChI is InChI=1S/C14H17N3O3/c15-9-5-4-8-11(13(16)19)17-14(20)12(18)10-6-2-1-3-7-10/h1-3,6-7,11-12,18H,4-5,8H2,(H2,16,19)(H,17,20)/t11-,12-/m0/s1. The molecule has 0 bridgehead atoms. The predicted octanol–water partition coefficient (Wildman–Crippen LogP) is 0.384. The number of carbonyl (C=O) groups is 2. The van der Waals surface area contributed by atoms with Gasteiger partial charge in [0, 0.05) is 6.42 Å². The van der Waals surface area contributed by atoms with Crippen LogP contribution in [0.15, 0.2) is 30.3 Å². The van der Waals surface area contributed by atoms with Crippen LogP contribution in [0.5, 0.6) is 0 Å². The molecule has 1 rings (SSSR count). The second kappa shape index (κ2) is 7.92. The molecule has 0 aliphatic rings. The van der Waals surface area contributed by atoms with Gasteiger partial charge in [-0.05, 0) is 18.4 Å². The van der Waals surface area contributed by atoms with Crippen LogP contribution in [0, 0.1) is 11.3 Å². The number of aliphatic hydroxyl groups excluding tert-OH is 1. The van der Waals surface area contributed by atoms with Gasteiger partial charge in [-0.3, -0.25) is 9.59 Å². The second-order valence-corrected chi connectivity index (χ2v) is 4.33. The molecule has 0 aromatic heterocycles. The van der Waals surface area contributed by atoms with Gasteiger partial charge in [0.1, 0.15) is 6.04 Å². The van der Waals surface area contributed by atoms with Crippen molar-refractivity contribution in [3.05, 3.63) is 35.9 Å². The minimum Gasteiger partial charge on any atom is -0.378 e. The molecular formula is C14H17N3O3. The Kier molecular flexibility index (Phi) is 6.20. The van der Waals surface area contributed by atoms with Crippen molar-refractivity contribution in [2.24, 2.45) is 5.73 Å². The first-order chi connectivity index (χ1) is 9.56. The molecule has 2 amide bonds. The maximum Gasteiger partial charge on any atom is 0.254 e. The molecule has 6 heteroatoms. The number of hydrogen-bond donors (Lipinski definition) is 3. The summed E-state index contributed by atoms with van der Waals surface area (Å²) >= 11 is 0. The third-order valence-corrected chi connectivity index (χ3v) is 2.80. The van der Waals surface area contributed by atoms with Crippen LogP contribution in [0.1, 0.15) is 30.9 Å². The number of nitriles is 1. The molecule has 0 spiro atoms. The predicted molar refractivity (Wildman–Crippen MR) is 72.0 cm³/mol. The quantitative estimate of drug-likeness (QED) is 0.624. The molecule has 1 aromatic rings. The zero-order chi connectivity index (χ0) is 15.0. The molecule has 4 N–H and O–H groups in total. The first-order valence-corrected chi connectivity index (χ1v) is 6.26. The van der Waals surface area contributed by atoms with Crippen molar-refractivity contribution < 1.29 is 14.7 Å². The molecule has 0 unspecified atom stereocenters. The topological polar surface area (TPSA) is 116 Å². The Morgan fingerprint density at radius 2 is 2.00 bits per heavy atom. The summed E-state index contributed by atoms with van der Waals surface area (Å²) in [5.74, 6) is -1.37. The van der Waals surface area contributed by atoms with Gasteiger partial charge in [-0.15, -0.1) is 0 Å². The first kappa shape index (κ1) is 15.7. The van der Waals surface area contributed by atoms with E-state index in [-0.39, 0.29) is 12.8 Å². The Bertz CT molecular complexity index is 496. The highest BCUT2D eigenvalue weighted by atomic mass is 16.3. The van der Waals surface area contributed by atoms with Gasteiger partial charge < -0.3 is 16.2 Å². The van der Waals surface area contributed by atoms with Crippen molar-refractivity contribution in [1.82, 2.24) is 5.32 Å². The first-order valence-electron chi connectivity index (χ1n) is 6.26. The van der Waals surface area contributed by atoms with Crippen molar-refractivity contribution in [2.45, 2.75) is 31.4 Å². The zero-order valence-corrected chi connectivity index (χ0v) is 11.0. The van der Waals surface area contributed by atoms with E-state index in [1.165, 1.54) is 0 Å². The Hall–Kier alpha value is -2.39. The van der Waals surface area contributed by atoms with Crippen LogP contribution in [0.25, 0.3) is 0 Å². The molecule has 0 fully saturated rings. The number of amides is 2. The normalized spacial score (nSPS) is 13.0. The maximum atomic E-state index is 11.9. The van der Waals surface area contributed by atoms with E-state index in [9.17, 15) is 14.7 Å². The van der Waals surface area contributed by atoms with Crippen LogP contribution < -0.4 is 11.1 Å². The summed E-state index contributed by atoms with van der Waals surface area (Å²) in [4.78, 5) is 23.1. The van der Waals surface area contributed by atoms with E-state index >= 15 is 0 Å². The fraction of sp³-hybridized carbons (Fsp3) is 0.357. The zero-order valence-electron chi connectivity index (χ0n) is 11.0. The van der Waals surface area contributed by atoms with Gasteiger partial charge in [0.2, 0.25) is 5.91 Å². The molecule has 20 heavy (non-hydrogen) atoms. The fourth-order valence-corrected chi connectivity index (χ4v) is 1.71. The number of primary amides is 1. The highest BCUT2D eigenvalue weighted by Crippen LogP contribution is 2.12. The van der Waals surface area contributed by atoms with E-state index in [1.807, 2.05) is 6.07 Å². The molecule has 0 aliphatic heterocycles. The van der Waals surface area contributed by atoms with E-state index < -0.39 is 24.0 Å². The Morgan fingerprint density at radius 1 is 1.35 bits per heavy atom. The number of unbranched alkanes of at least 4 members (excludes halogenated alkanes) is 1. The third-order valence-electron chi connectivity index (χ3n) is 2.80. The smallest absolute Gasteiger partial charge is 0.254 e. The van der Waals surface area contributed by atoms with Gasteiger partial charge in [-0.1, -0.05) is 30.3 Å². The number of nitrogens with one attached hydrogen (secondary N) is 1. The van der Waals surface area contributed by atoms with Gasteiger partial charge >= 0.3 is 0 Å². The molecule has 106 valence electrons. The summed E-state index contributed by atoms with van der Waals surface area (Å²) in [5, 5.41) is 20.7. The van der Waals surface area contributed by atoms with Gasteiger partial charge in [0.15, 0.2) is 6.10 Å². The summed E-state index contributed by atoms with van der Waals surface area (Å²) < 4.78 is 0. The van der Waals surface area contributed by atoms with Crippen molar-refractivity contribution in [3.8, 4) is 6.07 Å². The molecule has 6 nitrogen and oxygen atoms in total. The van der Waals surface area contributed by atoms with Gasteiger partial charge in [-0.25, -0.2) is 0 Å². The van der Waals surface area contributed by atoms with E-state index in [0.717, 1.165) is 0 Å². The van der Waals surface area contributed by atoms with E-state index in [0.29, 0.717) is 12.0 Å². The number of carbonyl (C=O) groups excluding carboxylic acids is 2. The molecule has 0 aliphatic carbocycles. The minimum absolute atomic E-state index is 0.274. The van der Waals surface area contributed by atoms with Crippen molar-refractivity contribution in [1.29, 1.82) is 5.26 Å². The number of aliphatic hydroxyl groups is 1. The van der Waals surface area contributed by atoms with Gasteiger partial charge in [0.05, 0.1) is 6.07 Å². The summed E-state index contributed by atoms with van der Waals surface area (Å²) in [6.07, 6.45) is -0.350. The molecule has 0 saturated carbocycles. The largest absolute Gasteiger partial charge is 0.378 e. The maximum absolute atomic E-state index is 11.9. The van der Waals surface area contributed by atoms with Gasteiger partial charge in [0.25, 0.3) is 5.91 Å². The van der Waals surface area contributed by atoms with Gasteiger partial charge in [-0.2, -0.15) is 5.26 Å². The number of nitrogens with two attached hydrogens (primary N) is 1. The number of benzene rings is 1. The highest BCUT2D eigenvalue weighted by Gasteiger charge is 2.23. The Balaban J connectivity index is 2.62. The molecular weight excluding hydrogens is 258 g/mol. The Labute approximate surface area is 117 Å². The summed E-state index contributed by atoms with van der Waals surface area (Å²) in [6, 6.07) is 9.45. The molecule has 0 saturated heterocycles. The van der Waals surface area contributed by atoms with Crippen LogP contribution in [0.3, 0.4) is 0 Å². The average Bonchev–Trinajstić information content (AvgIpc) is 2.46. The highest BCUT2D eigenvalue weighted by molar-refractivity contribution is 5.88. The molecule has 0 radical (unpaired) electrons. The summed E-state index contributed by atoms with van der Waals surface area (Å²) in [7, 11) is 0. The molecule has 1 aromatic carbocycles. The monoisotopic (exact) mass is 275 g/mol. The minimum atomic E-state index is -1.35. The van der Waals surface area contributed by atoms with Crippen LogP contribution in [-0.2, 0) is 9.59 Å². The van der Waals surface area contributed by atoms with E-state index in [4.69, 9.17) is 11.0 Å². The van der Waals surface area contributed by atoms with Crippen LogP contribution in [0.2, 0.25) is 0 Å².